The first kappa shape index (κ1) is 7.22. The van der Waals surface area contributed by atoms with Crippen molar-refractivity contribution in [2.24, 2.45) is 16.2 Å². The number of hydrogen-bond donors (Lipinski definition) is 1. The number of rotatable bonds is 1. The van der Waals surface area contributed by atoms with Crippen LogP contribution in [-0.4, -0.2) is 0 Å². The molecule has 0 saturated heterocycles. The van der Waals surface area contributed by atoms with Gasteiger partial charge >= 0.3 is 0 Å². The third kappa shape index (κ3) is 1.76. The van der Waals surface area contributed by atoms with E-state index in [2.05, 4.69) is 10.3 Å². The highest BCUT2D eigenvalue weighted by Crippen LogP contribution is 2.11. The zero-order valence-corrected chi connectivity index (χ0v) is 5.73. The van der Waals surface area contributed by atoms with Crippen molar-refractivity contribution in [3.05, 3.63) is 29.8 Å². The SMILES string of the molecule is N#Cc1ccc(N=NN)cc1. The zero-order chi connectivity index (χ0) is 8.10. The van der Waals surface area contributed by atoms with Crippen LogP contribution in [0.4, 0.5) is 5.69 Å². The number of benzene rings is 1. The third-order valence-electron chi connectivity index (χ3n) is 1.17. The van der Waals surface area contributed by atoms with Gasteiger partial charge in [0.25, 0.3) is 0 Å². The van der Waals surface area contributed by atoms with Crippen LogP contribution in [0.3, 0.4) is 0 Å². The maximum Gasteiger partial charge on any atom is 0.0991 e. The summed E-state index contributed by atoms with van der Waals surface area (Å²) in [6.07, 6.45) is 0. The summed E-state index contributed by atoms with van der Waals surface area (Å²) in [6, 6.07) is 8.66. The summed E-state index contributed by atoms with van der Waals surface area (Å²) in [5.74, 6) is 4.82. The van der Waals surface area contributed by atoms with Crippen molar-refractivity contribution in [3.63, 3.8) is 0 Å². The Morgan fingerprint density at radius 2 is 1.91 bits per heavy atom. The Bertz CT molecular complexity index is 293. The van der Waals surface area contributed by atoms with Gasteiger partial charge in [0.1, 0.15) is 0 Å². The molecule has 2 N–H and O–H groups in total. The topological polar surface area (TPSA) is 74.5 Å². The predicted octanol–water partition coefficient (Wildman–Crippen LogP) is 1.52. The largest absolute Gasteiger partial charge is 0.305 e. The summed E-state index contributed by atoms with van der Waals surface area (Å²) in [5.41, 5.74) is 1.24. The van der Waals surface area contributed by atoms with Gasteiger partial charge in [-0.15, -0.1) is 5.11 Å². The summed E-state index contributed by atoms with van der Waals surface area (Å²) < 4.78 is 0. The molecule has 0 saturated carbocycles. The Hall–Kier alpha value is -1.89. The van der Waals surface area contributed by atoms with Crippen LogP contribution < -0.4 is 5.84 Å². The minimum absolute atomic E-state index is 0.598. The number of nitriles is 1. The zero-order valence-electron chi connectivity index (χ0n) is 5.73. The van der Waals surface area contributed by atoms with Crippen molar-refractivity contribution in [2.45, 2.75) is 0 Å². The molecule has 0 spiro atoms. The van der Waals surface area contributed by atoms with Gasteiger partial charge in [0.2, 0.25) is 0 Å². The van der Waals surface area contributed by atoms with Gasteiger partial charge in [0, 0.05) is 0 Å². The molecule has 0 radical (unpaired) electrons. The second kappa shape index (κ2) is 3.32. The monoisotopic (exact) mass is 146 g/mol. The van der Waals surface area contributed by atoms with Gasteiger partial charge in [0.15, 0.2) is 0 Å². The molecule has 0 heterocycles. The maximum atomic E-state index is 8.43. The lowest BCUT2D eigenvalue weighted by atomic mass is 10.2. The molecule has 0 aliphatic rings. The van der Waals surface area contributed by atoms with Gasteiger partial charge in [0.05, 0.1) is 17.3 Å². The molecule has 0 amide bonds. The molecule has 1 aromatic carbocycles. The second-order valence-electron chi connectivity index (χ2n) is 1.87. The lowest BCUT2D eigenvalue weighted by Crippen LogP contribution is -1.74. The van der Waals surface area contributed by atoms with Crippen LogP contribution in [0.15, 0.2) is 34.6 Å². The molecule has 0 bridgehead atoms. The average molecular weight is 146 g/mol. The van der Waals surface area contributed by atoms with Gasteiger partial charge in [-0.1, -0.05) is 5.22 Å². The summed E-state index contributed by atoms with van der Waals surface area (Å²) in [7, 11) is 0. The van der Waals surface area contributed by atoms with Gasteiger partial charge in [-0.3, -0.25) is 0 Å². The Kier molecular flexibility index (Phi) is 2.18. The van der Waals surface area contributed by atoms with Crippen molar-refractivity contribution >= 4 is 5.69 Å². The van der Waals surface area contributed by atoms with Crippen molar-refractivity contribution in [2.75, 3.05) is 0 Å². The molecular formula is C7H6N4. The Morgan fingerprint density at radius 1 is 1.27 bits per heavy atom. The van der Waals surface area contributed by atoms with E-state index in [1.165, 1.54) is 0 Å². The summed E-state index contributed by atoms with van der Waals surface area (Å²) >= 11 is 0. The van der Waals surface area contributed by atoms with Gasteiger partial charge in [-0.2, -0.15) is 5.26 Å². The molecule has 0 unspecified atom stereocenters. The third-order valence-corrected chi connectivity index (χ3v) is 1.17. The normalized spacial score (nSPS) is 9.73. The van der Waals surface area contributed by atoms with Gasteiger partial charge in [-0.05, 0) is 24.3 Å². The van der Waals surface area contributed by atoms with E-state index in [1.807, 2.05) is 6.07 Å². The van der Waals surface area contributed by atoms with Crippen LogP contribution in [0.2, 0.25) is 0 Å². The molecule has 0 aliphatic carbocycles. The lowest BCUT2D eigenvalue weighted by Gasteiger charge is -1.88. The molecule has 4 nitrogen and oxygen atoms in total. The quantitative estimate of drug-likeness (QED) is 0.370. The fourth-order valence-corrected chi connectivity index (χ4v) is 0.669. The van der Waals surface area contributed by atoms with Crippen LogP contribution in [0, 0.1) is 11.3 Å². The molecule has 0 atom stereocenters. The summed E-state index contributed by atoms with van der Waals surface area (Å²) in [6.45, 7) is 0. The van der Waals surface area contributed by atoms with E-state index in [1.54, 1.807) is 24.3 Å². The Morgan fingerprint density at radius 3 is 2.36 bits per heavy atom. The lowest BCUT2D eigenvalue weighted by molar-refractivity contribution is 1.06. The molecule has 1 aromatic rings. The first-order valence-electron chi connectivity index (χ1n) is 2.98. The smallest absolute Gasteiger partial charge is 0.0991 e. The average Bonchev–Trinajstić information content (AvgIpc) is 2.07. The Labute approximate surface area is 63.9 Å². The molecule has 11 heavy (non-hydrogen) atoms. The van der Waals surface area contributed by atoms with Crippen molar-refractivity contribution in [1.29, 1.82) is 5.26 Å². The molecular weight excluding hydrogens is 140 g/mol. The molecule has 0 aromatic heterocycles. The van der Waals surface area contributed by atoms with Crippen LogP contribution >= 0.6 is 0 Å². The standard InChI is InChI=1S/C7H6N4/c8-5-6-1-3-7(4-2-6)10-11-9/h1-4H,(H2,9,10). The van der Waals surface area contributed by atoms with Crippen LogP contribution in [-0.2, 0) is 0 Å². The van der Waals surface area contributed by atoms with E-state index >= 15 is 0 Å². The van der Waals surface area contributed by atoms with E-state index in [9.17, 15) is 0 Å². The molecule has 4 heteroatoms. The van der Waals surface area contributed by atoms with E-state index in [4.69, 9.17) is 11.1 Å². The van der Waals surface area contributed by atoms with Gasteiger partial charge in [-0.25, -0.2) is 0 Å². The first-order valence-corrected chi connectivity index (χ1v) is 2.98. The minimum Gasteiger partial charge on any atom is -0.305 e. The number of nitrogens with zero attached hydrogens (tertiary/aromatic N) is 3. The first-order chi connectivity index (χ1) is 5.36. The molecule has 1 rings (SSSR count). The maximum absolute atomic E-state index is 8.43. The van der Waals surface area contributed by atoms with E-state index in [0.29, 0.717) is 11.3 Å². The second-order valence-corrected chi connectivity index (χ2v) is 1.87. The van der Waals surface area contributed by atoms with Crippen LogP contribution in [0.25, 0.3) is 0 Å². The highest BCUT2D eigenvalue weighted by atomic mass is 15.3. The highest BCUT2D eigenvalue weighted by Gasteiger charge is 1.89. The van der Waals surface area contributed by atoms with Crippen molar-refractivity contribution in [3.8, 4) is 6.07 Å². The number of nitrogens with two attached hydrogens (primary N) is 1. The van der Waals surface area contributed by atoms with Gasteiger partial charge < -0.3 is 5.84 Å². The summed E-state index contributed by atoms with van der Waals surface area (Å²) in [5, 5.41) is 15.1. The molecule has 0 fully saturated rings. The minimum atomic E-state index is 0.598. The van der Waals surface area contributed by atoms with E-state index < -0.39 is 0 Å². The fourth-order valence-electron chi connectivity index (χ4n) is 0.669. The fraction of sp³-hybridized carbons (Fsp3) is 0. The van der Waals surface area contributed by atoms with Crippen LogP contribution in [0.1, 0.15) is 5.56 Å². The van der Waals surface area contributed by atoms with Crippen molar-refractivity contribution in [1.82, 2.24) is 0 Å². The molecule has 54 valence electrons. The molecule has 0 aliphatic heterocycles. The van der Waals surface area contributed by atoms with Crippen LogP contribution in [0.5, 0.6) is 0 Å². The highest BCUT2D eigenvalue weighted by molar-refractivity contribution is 5.41. The summed E-state index contributed by atoms with van der Waals surface area (Å²) in [4.78, 5) is 0. The van der Waals surface area contributed by atoms with E-state index in [0.717, 1.165) is 0 Å². The van der Waals surface area contributed by atoms with E-state index in [-0.39, 0.29) is 0 Å². The Balaban J connectivity index is 2.94. The van der Waals surface area contributed by atoms with Crippen molar-refractivity contribution < 1.29 is 0 Å². The predicted molar refractivity (Wildman–Crippen MR) is 39.9 cm³/mol. The number of hydrogen-bond acceptors (Lipinski definition) is 3.